The largest absolute Gasteiger partial charge is 0.494 e. The van der Waals surface area contributed by atoms with Gasteiger partial charge in [0.1, 0.15) is 17.4 Å². The van der Waals surface area contributed by atoms with Gasteiger partial charge in [-0.05, 0) is 31.0 Å². The highest BCUT2D eigenvalue weighted by Gasteiger charge is 2.27. The molecule has 1 atom stereocenters. The van der Waals surface area contributed by atoms with Gasteiger partial charge in [0.2, 0.25) is 0 Å². The number of nitrogens with two attached hydrogens (primary N) is 1. The molecule has 0 aliphatic heterocycles. The number of ether oxygens (including phenoxy) is 2. The summed E-state index contributed by atoms with van der Waals surface area (Å²) in [5.74, 6) is -1.90. The summed E-state index contributed by atoms with van der Waals surface area (Å²) in [6, 6.07) is 11.5. The van der Waals surface area contributed by atoms with Gasteiger partial charge in [0, 0.05) is 42.9 Å². The molecular weight excluding hydrogens is 552 g/mol. The second-order valence-electron chi connectivity index (χ2n) is 8.81. The lowest BCUT2D eigenvalue weighted by atomic mass is 9.90. The molecule has 0 aliphatic carbocycles. The monoisotopic (exact) mass is 583 g/mol. The van der Waals surface area contributed by atoms with Gasteiger partial charge in [-0.2, -0.15) is 0 Å². The molecule has 0 saturated carbocycles. The van der Waals surface area contributed by atoms with Crippen LogP contribution in [0.15, 0.2) is 59.7 Å². The molecule has 0 spiro atoms. The Labute approximate surface area is 239 Å². The van der Waals surface area contributed by atoms with E-state index in [0.29, 0.717) is 17.9 Å². The van der Waals surface area contributed by atoms with Crippen molar-refractivity contribution in [1.29, 1.82) is 5.41 Å². The van der Waals surface area contributed by atoms with Crippen LogP contribution in [0.4, 0.5) is 8.78 Å². The summed E-state index contributed by atoms with van der Waals surface area (Å²) in [5, 5.41) is 19.4. The van der Waals surface area contributed by atoms with Crippen LogP contribution in [0.2, 0.25) is 0 Å². The molecule has 2 aromatic heterocycles. The number of carboxylic acids is 1. The number of carbonyl (C=O) groups is 1. The zero-order valence-electron chi connectivity index (χ0n) is 23.0. The standard InChI is InChI=1S/C26H27F2N7O3.C2H4O2/c1-2-37-18-14-19(22(28)21(15-18)38-12-3-9-27)20(13-16-5-7-17(8-6-16)23(29)30)24-33-26(36)35(34-24)25-31-10-4-11-32-25;1-2(3)4/h4-8,10-11,14-15,20H,2-3,9,12-13H2,1H3,(H3,29,30)(H,33,34,36);1H3,(H,3,4). The Morgan fingerprint density at radius 2 is 1.86 bits per heavy atom. The molecule has 5 N–H and O–H groups in total. The number of carboxylic acid groups (broad SMARTS) is 1. The van der Waals surface area contributed by atoms with Crippen molar-refractivity contribution in [2.45, 2.75) is 32.6 Å². The highest BCUT2D eigenvalue weighted by atomic mass is 19.1. The van der Waals surface area contributed by atoms with Crippen LogP contribution in [0, 0.1) is 11.2 Å². The average Bonchev–Trinajstić information content (AvgIpc) is 3.35. The van der Waals surface area contributed by atoms with Crippen molar-refractivity contribution in [2.75, 3.05) is 19.9 Å². The van der Waals surface area contributed by atoms with Gasteiger partial charge in [0.25, 0.3) is 11.9 Å². The Morgan fingerprint density at radius 3 is 2.45 bits per heavy atom. The quantitative estimate of drug-likeness (QED) is 0.110. The fourth-order valence-corrected chi connectivity index (χ4v) is 3.88. The smallest absolute Gasteiger partial charge is 0.350 e. The van der Waals surface area contributed by atoms with E-state index in [2.05, 4.69) is 20.1 Å². The first kappa shape index (κ1) is 31.4. The van der Waals surface area contributed by atoms with E-state index < -0.39 is 30.1 Å². The van der Waals surface area contributed by atoms with E-state index in [1.165, 1.54) is 24.5 Å². The molecule has 0 fully saturated rings. The Bertz CT molecular complexity index is 1540. The molecule has 42 heavy (non-hydrogen) atoms. The highest BCUT2D eigenvalue weighted by Crippen LogP contribution is 2.36. The van der Waals surface area contributed by atoms with Crippen molar-refractivity contribution in [3.63, 3.8) is 0 Å². The number of hydrogen-bond acceptors (Lipinski definition) is 8. The number of nitrogens with zero attached hydrogens (tertiary/aromatic N) is 4. The van der Waals surface area contributed by atoms with E-state index in [9.17, 15) is 9.18 Å². The maximum Gasteiger partial charge on any atom is 0.350 e. The van der Waals surface area contributed by atoms with Gasteiger partial charge < -0.3 is 20.3 Å². The van der Waals surface area contributed by atoms with Gasteiger partial charge in [0.05, 0.1) is 25.8 Å². The second kappa shape index (κ2) is 15.0. The first-order valence-corrected chi connectivity index (χ1v) is 12.9. The molecule has 0 amide bonds. The molecule has 2 heterocycles. The van der Waals surface area contributed by atoms with Gasteiger partial charge in [0.15, 0.2) is 11.6 Å². The normalized spacial score (nSPS) is 11.2. The van der Waals surface area contributed by atoms with Crippen LogP contribution in [0.1, 0.15) is 48.7 Å². The number of H-pyrrole nitrogens is 1. The molecule has 0 bridgehead atoms. The molecule has 1 unspecified atom stereocenters. The van der Waals surface area contributed by atoms with Crippen LogP contribution >= 0.6 is 0 Å². The number of aromatic nitrogens is 5. The molecular formula is C28H31F2N7O5. The minimum atomic E-state index is -0.833. The van der Waals surface area contributed by atoms with E-state index in [-0.39, 0.29) is 48.4 Å². The molecule has 4 rings (SSSR count). The number of alkyl halides is 1. The van der Waals surface area contributed by atoms with Gasteiger partial charge in [-0.1, -0.05) is 24.3 Å². The fraction of sp³-hybridized carbons (Fsp3) is 0.286. The van der Waals surface area contributed by atoms with Crippen molar-refractivity contribution >= 4 is 11.8 Å². The Kier molecular flexibility index (Phi) is 11.2. The van der Waals surface area contributed by atoms with Crippen LogP contribution in [0.5, 0.6) is 11.5 Å². The third kappa shape index (κ3) is 8.43. The maximum absolute atomic E-state index is 15.9. The third-order valence-electron chi connectivity index (χ3n) is 5.67. The van der Waals surface area contributed by atoms with Crippen molar-refractivity contribution in [2.24, 2.45) is 5.73 Å². The number of nitrogens with one attached hydrogen (secondary N) is 2. The maximum atomic E-state index is 15.9. The van der Waals surface area contributed by atoms with Gasteiger partial charge in [-0.25, -0.2) is 19.2 Å². The number of hydrogen-bond donors (Lipinski definition) is 4. The predicted octanol–water partition coefficient (Wildman–Crippen LogP) is 3.38. The third-order valence-corrected chi connectivity index (χ3v) is 5.67. The predicted molar refractivity (Wildman–Crippen MR) is 150 cm³/mol. The van der Waals surface area contributed by atoms with E-state index in [0.717, 1.165) is 17.2 Å². The number of rotatable bonds is 12. The molecule has 4 aromatic rings. The summed E-state index contributed by atoms with van der Waals surface area (Å²) in [4.78, 5) is 32.6. The van der Waals surface area contributed by atoms with E-state index in [1.54, 1.807) is 37.3 Å². The van der Waals surface area contributed by atoms with Crippen molar-refractivity contribution in [1.82, 2.24) is 24.7 Å². The minimum Gasteiger partial charge on any atom is -0.494 e. The zero-order valence-corrected chi connectivity index (χ0v) is 23.0. The molecule has 0 aliphatic rings. The fourth-order valence-electron chi connectivity index (χ4n) is 3.88. The summed E-state index contributed by atoms with van der Waals surface area (Å²) in [6.45, 7) is 2.58. The van der Waals surface area contributed by atoms with Crippen LogP contribution in [0.25, 0.3) is 5.95 Å². The summed E-state index contributed by atoms with van der Waals surface area (Å²) < 4.78 is 40.7. The molecule has 0 saturated heterocycles. The number of amidine groups is 1. The van der Waals surface area contributed by atoms with Crippen molar-refractivity contribution < 1.29 is 28.2 Å². The number of aromatic amines is 1. The van der Waals surface area contributed by atoms with Crippen LogP contribution in [-0.4, -0.2) is 61.5 Å². The van der Waals surface area contributed by atoms with Gasteiger partial charge in [-0.15, -0.1) is 9.78 Å². The van der Waals surface area contributed by atoms with Gasteiger partial charge in [-0.3, -0.25) is 19.6 Å². The molecule has 2 aromatic carbocycles. The topological polar surface area (TPSA) is 182 Å². The number of aliphatic carboxylic acids is 1. The number of benzene rings is 2. The average molecular weight is 584 g/mol. The van der Waals surface area contributed by atoms with Crippen LogP contribution in [-0.2, 0) is 11.2 Å². The van der Waals surface area contributed by atoms with E-state index in [4.69, 9.17) is 30.5 Å². The lowest BCUT2D eigenvalue weighted by molar-refractivity contribution is -0.134. The lowest BCUT2D eigenvalue weighted by Crippen LogP contribution is -2.18. The Hall–Kier alpha value is -5.14. The highest BCUT2D eigenvalue weighted by molar-refractivity contribution is 5.94. The lowest BCUT2D eigenvalue weighted by Gasteiger charge is -2.19. The summed E-state index contributed by atoms with van der Waals surface area (Å²) >= 11 is 0. The summed E-state index contributed by atoms with van der Waals surface area (Å²) in [7, 11) is 0. The first-order valence-electron chi connectivity index (χ1n) is 12.9. The van der Waals surface area contributed by atoms with Crippen molar-refractivity contribution in [3.05, 3.63) is 93.7 Å². The van der Waals surface area contributed by atoms with Crippen molar-refractivity contribution in [3.8, 4) is 17.4 Å². The summed E-state index contributed by atoms with van der Waals surface area (Å²) in [6.07, 6.45) is 3.28. The number of nitrogen functional groups attached to an aromatic ring is 1. The van der Waals surface area contributed by atoms with Crippen LogP contribution in [0.3, 0.4) is 0 Å². The zero-order chi connectivity index (χ0) is 30.6. The van der Waals surface area contributed by atoms with Crippen LogP contribution < -0.4 is 20.9 Å². The second-order valence-corrected chi connectivity index (χ2v) is 8.81. The van der Waals surface area contributed by atoms with E-state index >= 15 is 4.39 Å². The Balaban J connectivity index is 0.00000114. The molecule has 0 radical (unpaired) electrons. The molecule has 12 nitrogen and oxygen atoms in total. The minimum absolute atomic E-state index is 0.0174. The summed E-state index contributed by atoms with van der Waals surface area (Å²) in [5.41, 5.74) is 6.45. The Morgan fingerprint density at radius 1 is 1.19 bits per heavy atom. The SMILES string of the molecule is CC(=O)O.CCOc1cc(OCCCF)c(F)c(C(Cc2ccc(C(=N)N)cc2)c2nn(-c3ncccn3)c(=O)[nH]2)c1. The first-order chi connectivity index (χ1) is 20.1. The molecule has 14 heteroatoms. The number of halogens is 2. The van der Waals surface area contributed by atoms with E-state index in [1.807, 2.05) is 0 Å². The molecule has 222 valence electrons. The van der Waals surface area contributed by atoms with Gasteiger partial charge >= 0.3 is 5.69 Å².